The maximum atomic E-state index is 15.4. The lowest BCUT2D eigenvalue weighted by atomic mass is 9.12. The van der Waals surface area contributed by atoms with Crippen molar-refractivity contribution in [3.63, 3.8) is 0 Å². The van der Waals surface area contributed by atoms with Gasteiger partial charge in [0.2, 0.25) is 0 Å². The predicted octanol–water partition coefficient (Wildman–Crippen LogP) is 8.20. The van der Waals surface area contributed by atoms with E-state index in [-0.39, 0.29) is 5.41 Å². The van der Waals surface area contributed by atoms with Crippen molar-refractivity contribution in [3.05, 3.63) is 146 Å². The molecule has 0 aliphatic carbocycles. The molecule has 0 aromatic heterocycles. The number of halogens is 20. The van der Waals surface area contributed by atoms with Gasteiger partial charge >= 0.3 is 0 Å². The Morgan fingerprint density at radius 3 is 0.661 bits per heavy atom. The minimum atomic E-state index is -7.22. The van der Waals surface area contributed by atoms with Gasteiger partial charge in [0.15, 0.2) is 74.7 Å². The van der Waals surface area contributed by atoms with E-state index in [1.807, 2.05) is 6.07 Å². The van der Waals surface area contributed by atoms with Gasteiger partial charge in [-0.1, -0.05) is 39.0 Å². The second-order valence-electron chi connectivity index (χ2n) is 12.6. The molecule has 0 N–H and O–H groups in total. The second-order valence-corrected chi connectivity index (χ2v) is 13.1. The fourth-order valence-corrected chi connectivity index (χ4v) is 6.57. The summed E-state index contributed by atoms with van der Waals surface area (Å²) in [7, 11) is 0. The summed E-state index contributed by atoms with van der Waals surface area (Å²) in [4.78, 5) is 1.19. The Bertz CT molecular complexity index is 2040. The third-order valence-corrected chi connectivity index (χ3v) is 8.88. The van der Waals surface area contributed by atoms with Crippen LogP contribution in [0.4, 0.5) is 87.8 Å². The van der Waals surface area contributed by atoms with Crippen molar-refractivity contribution < 1.29 is 87.8 Å². The van der Waals surface area contributed by atoms with Crippen LogP contribution >= 0.6 is 0 Å². The van der Waals surface area contributed by atoms with Gasteiger partial charge in [0.25, 0.3) is 0 Å². The molecule has 0 bridgehead atoms. The van der Waals surface area contributed by atoms with E-state index in [0.29, 0.717) is 0 Å². The summed E-state index contributed by atoms with van der Waals surface area (Å²) in [6.45, 7) is 6.64. The third kappa shape index (κ3) is 6.51. The largest absolute Gasteiger partial charge is 0.207 e. The van der Waals surface area contributed by atoms with Gasteiger partial charge in [-0.2, -0.15) is 0 Å². The summed E-state index contributed by atoms with van der Waals surface area (Å²) >= 11 is 3.58. The summed E-state index contributed by atoms with van der Waals surface area (Å²) in [6, 6.07) is 8.35. The minimum Gasteiger partial charge on any atom is -0.207 e. The van der Waals surface area contributed by atoms with E-state index in [4.69, 9.17) is 0 Å². The monoisotopic (exact) mass is 846 g/mol. The van der Waals surface area contributed by atoms with Gasteiger partial charge < -0.3 is 0 Å². The molecular weight excluding hydrogens is 831 g/mol. The first-order chi connectivity index (χ1) is 25.7. The molecule has 0 spiro atoms. The molecule has 5 rings (SSSR count). The van der Waals surface area contributed by atoms with Crippen LogP contribution < -0.4 is 21.9 Å². The second kappa shape index (κ2) is 15.2. The molecule has 5 aromatic rings. The van der Waals surface area contributed by atoms with Crippen LogP contribution in [-0.2, 0) is 18.0 Å². The van der Waals surface area contributed by atoms with Crippen LogP contribution in [0.3, 0.4) is 0 Å². The highest BCUT2D eigenvalue weighted by molar-refractivity contribution is 7.58. The van der Waals surface area contributed by atoms with Crippen LogP contribution in [-0.4, -0.2) is 6.15 Å². The summed E-state index contributed by atoms with van der Waals surface area (Å²) in [6.07, 6.45) is -7.22. The van der Waals surface area contributed by atoms with Gasteiger partial charge in [-0.25, -0.2) is 87.8 Å². The lowest BCUT2D eigenvalue weighted by molar-refractivity contribution is 0.378. The lowest BCUT2D eigenvalue weighted by Crippen LogP contribution is -2.81. The highest BCUT2D eigenvalue weighted by Gasteiger charge is 2.52. The van der Waals surface area contributed by atoms with Gasteiger partial charge in [-0.3, -0.25) is 0 Å². The zero-order chi connectivity index (χ0) is 42.8. The molecule has 0 heterocycles. The van der Waals surface area contributed by atoms with Crippen molar-refractivity contribution in [2.24, 2.45) is 0 Å². The molecular formula is C34H15BF20S. The fourth-order valence-electron chi connectivity index (χ4n) is 6.01. The van der Waals surface area contributed by atoms with E-state index in [9.17, 15) is 52.7 Å². The minimum absolute atomic E-state index is 0.234. The zero-order valence-corrected chi connectivity index (χ0v) is 28.4. The quantitative estimate of drug-likeness (QED) is 0.0563. The molecule has 0 unspecified atom stereocenters. The number of hydrogen-bond donors (Lipinski definition) is 0. The van der Waals surface area contributed by atoms with E-state index in [1.54, 1.807) is 0 Å². The average molecular weight is 846 g/mol. The third-order valence-electron chi connectivity index (χ3n) is 8.44. The fraction of sp³-hybridized carbons (Fsp3) is 0.118. The van der Waals surface area contributed by atoms with Crippen LogP contribution in [0.25, 0.3) is 0 Å². The van der Waals surface area contributed by atoms with E-state index >= 15 is 35.1 Å². The van der Waals surface area contributed by atoms with Crippen molar-refractivity contribution in [3.8, 4) is 0 Å². The van der Waals surface area contributed by atoms with E-state index in [2.05, 4.69) is 51.6 Å². The molecule has 0 nitrogen and oxygen atoms in total. The van der Waals surface area contributed by atoms with Crippen molar-refractivity contribution in [2.45, 2.75) is 31.1 Å². The SMILES string of the molecule is CC(C)(C)c1ccccc1[SH2+].Fc1c(F)c(F)c([B-](c2c(F)c(F)c(F)c(F)c2F)(c2c(F)c(F)c(F)c(F)c2F)c2c(F)c(F)c(F)c(F)c2F)c(F)c1F. The summed E-state index contributed by atoms with van der Waals surface area (Å²) < 4.78 is 294. The number of hydrogen-bond acceptors (Lipinski definition) is 0. The first-order valence-electron chi connectivity index (χ1n) is 14.8. The molecule has 0 aliphatic rings. The Hall–Kier alpha value is -4.89. The smallest absolute Gasteiger partial charge is 0.200 e. The van der Waals surface area contributed by atoms with Gasteiger partial charge in [0, 0.05) is 5.56 Å². The first kappa shape index (κ1) is 43.8. The summed E-state index contributed by atoms with van der Waals surface area (Å²) in [5, 5.41) is 0. The van der Waals surface area contributed by atoms with Crippen LogP contribution in [0.2, 0.25) is 0 Å². The number of rotatable bonds is 4. The summed E-state index contributed by atoms with van der Waals surface area (Å²) in [5.41, 5.74) is -12.7. The molecule has 0 amide bonds. The highest BCUT2D eigenvalue weighted by atomic mass is 32.1. The molecule has 0 radical (unpaired) electrons. The molecule has 0 saturated carbocycles. The Kier molecular flexibility index (Phi) is 11.9. The van der Waals surface area contributed by atoms with E-state index < -0.39 is 144 Å². The van der Waals surface area contributed by atoms with E-state index in [1.165, 1.54) is 10.5 Å². The average Bonchev–Trinajstić information content (AvgIpc) is 3.14. The van der Waals surface area contributed by atoms with Gasteiger partial charge in [0.1, 0.15) is 52.7 Å². The maximum Gasteiger partial charge on any atom is 0.200 e. The standard InChI is InChI=1S/C24BF20.C10H14S/c26-5-1(6(27)14(35)21(42)13(5)34)25(2-7(28)15(36)22(43)16(37)8(2)29,3-9(30)17(38)23(44)18(39)10(3)31)4-11(32)19(40)24(45)20(41)12(4)33;1-10(2,3)8-6-4-5-7-9(8)11/h;4-7,11H,1-3H3/q-1;/p+1. The molecule has 0 fully saturated rings. The Morgan fingerprint density at radius 1 is 0.321 bits per heavy atom. The first-order valence-corrected chi connectivity index (χ1v) is 15.3. The van der Waals surface area contributed by atoms with Crippen LogP contribution in [0, 0.1) is 116 Å². The van der Waals surface area contributed by atoms with E-state index in [0.717, 1.165) is 0 Å². The summed E-state index contributed by atoms with van der Waals surface area (Å²) in [5.74, 6) is -71.4. The predicted molar refractivity (Wildman–Crippen MR) is 163 cm³/mol. The Labute approximate surface area is 305 Å². The maximum absolute atomic E-state index is 15.4. The van der Waals surface area contributed by atoms with Crippen molar-refractivity contribution >= 4 is 40.6 Å². The van der Waals surface area contributed by atoms with Crippen LogP contribution in [0.1, 0.15) is 26.3 Å². The molecule has 0 atom stereocenters. The molecule has 5 aromatic carbocycles. The molecule has 0 saturated heterocycles. The normalized spacial score (nSPS) is 11.9. The van der Waals surface area contributed by atoms with Gasteiger partial charge in [-0.05, 0) is 24.1 Å². The Balaban J connectivity index is 0.000000544. The van der Waals surface area contributed by atoms with Crippen molar-refractivity contribution in [1.82, 2.24) is 0 Å². The van der Waals surface area contributed by atoms with Crippen molar-refractivity contribution in [1.29, 1.82) is 0 Å². The topological polar surface area (TPSA) is 0 Å². The molecule has 300 valence electrons. The molecule has 56 heavy (non-hydrogen) atoms. The van der Waals surface area contributed by atoms with Crippen LogP contribution in [0.5, 0.6) is 0 Å². The zero-order valence-electron chi connectivity index (χ0n) is 27.4. The highest BCUT2D eigenvalue weighted by Crippen LogP contribution is 2.31. The Morgan fingerprint density at radius 2 is 0.500 bits per heavy atom. The molecule has 0 aliphatic heterocycles. The number of benzene rings is 5. The van der Waals surface area contributed by atoms with Gasteiger partial charge in [-0.15, -0.1) is 21.9 Å². The molecule has 22 heteroatoms. The lowest BCUT2D eigenvalue weighted by Gasteiger charge is -2.44. The van der Waals surface area contributed by atoms with Crippen LogP contribution in [0.15, 0.2) is 29.2 Å². The van der Waals surface area contributed by atoms with Crippen molar-refractivity contribution in [2.75, 3.05) is 0 Å². The van der Waals surface area contributed by atoms with Gasteiger partial charge in [0.05, 0.1) is 0 Å².